The van der Waals surface area contributed by atoms with Gasteiger partial charge in [0.2, 0.25) is 35.4 Å². The summed E-state index contributed by atoms with van der Waals surface area (Å²) in [5.41, 5.74) is 1.36. The summed E-state index contributed by atoms with van der Waals surface area (Å²) in [6.45, 7) is 4.70. The van der Waals surface area contributed by atoms with Gasteiger partial charge in [-0.25, -0.2) is 0 Å². The minimum absolute atomic E-state index is 0.0336. The number of aliphatic carboxylic acids is 2. The molecule has 7 atom stereocenters. The third kappa shape index (κ3) is 9.83. The first-order valence-electron chi connectivity index (χ1n) is 17.0. The molecule has 2 fully saturated rings. The van der Waals surface area contributed by atoms with Crippen LogP contribution in [0, 0.1) is 5.92 Å². The van der Waals surface area contributed by atoms with Crippen LogP contribution in [0.1, 0.15) is 58.4 Å². The van der Waals surface area contributed by atoms with Gasteiger partial charge in [-0.3, -0.25) is 38.4 Å². The molecule has 2 saturated heterocycles. The molecule has 0 bridgehead atoms. The van der Waals surface area contributed by atoms with E-state index >= 15 is 0 Å². The molecule has 0 spiro atoms. The van der Waals surface area contributed by atoms with Crippen molar-refractivity contribution in [3.63, 3.8) is 0 Å². The highest BCUT2D eigenvalue weighted by atomic mass is 16.4. The summed E-state index contributed by atoms with van der Waals surface area (Å²) >= 11 is 0. The van der Waals surface area contributed by atoms with Gasteiger partial charge in [-0.2, -0.15) is 0 Å². The zero-order valence-corrected chi connectivity index (χ0v) is 29.0. The van der Waals surface area contributed by atoms with E-state index in [1.54, 1.807) is 38.2 Å². The lowest BCUT2D eigenvalue weighted by molar-refractivity contribution is -0.145. The summed E-state index contributed by atoms with van der Waals surface area (Å²) in [7, 11) is 0. The van der Waals surface area contributed by atoms with E-state index in [4.69, 9.17) is 0 Å². The molecule has 2 aliphatic rings. The number of para-hydroxylation sites is 1. The average molecular weight is 728 g/mol. The van der Waals surface area contributed by atoms with Crippen molar-refractivity contribution in [3.8, 4) is 0 Å². The second kappa shape index (κ2) is 17.1. The molecule has 6 amide bonds. The van der Waals surface area contributed by atoms with Crippen LogP contribution in [0.15, 0.2) is 30.5 Å². The molecule has 2 aromatic rings. The highest BCUT2D eigenvalue weighted by molar-refractivity contribution is 6.00. The molecule has 0 saturated carbocycles. The predicted molar refractivity (Wildman–Crippen MR) is 182 cm³/mol. The maximum atomic E-state index is 14.3. The second-order valence-corrected chi connectivity index (χ2v) is 13.6. The molecule has 1 aromatic heterocycles. The number of hydrogen-bond acceptors (Lipinski definition) is 9. The van der Waals surface area contributed by atoms with E-state index in [2.05, 4.69) is 31.6 Å². The molecule has 9 N–H and O–H groups in total. The number of carboxylic acid groups (broad SMARTS) is 2. The van der Waals surface area contributed by atoms with Crippen LogP contribution in [0.5, 0.6) is 0 Å². The maximum Gasteiger partial charge on any atom is 0.305 e. The number of aromatic nitrogens is 1. The van der Waals surface area contributed by atoms with Crippen molar-refractivity contribution in [3.05, 3.63) is 36.0 Å². The standard InChI is InChI=1S/C34H45N7O11/c1-16(2)11-21-29(47)37-23(14-27(45)46)31(49)40-28(17(3)42)33(51)39-24(12-18-15-35-20-8-5-4-7-19(18)20)34(52)41-10-6-9-25(41)32(50)38-22(13-26(43)44)30(48)36-21/h4-5,7-8,15-17,21-25,28,35,42H,6,9-14H2,1-3H3,(H,36,48)(H,37,47)(H,38,50)(H,39,51)(H,40,49)(H,43,44)(H,45,46)/t17-,21+,22-,23-,24-,25-,28+/m1/s1. The van der Waals surface area contributed by atoms with E-state index in [1.807, 2.05) is 6.07 Å². The third-order valence-corrected chi connectivity index (χ3v) is 8.98. The van der Waals surface area contributed by atoms with Gasteiger partial charge in [0.05, 0.1) is 18.9 Å². The fraction of sp³-hybridized carbons (Fsp3) is 0.529. The van der Waals surface area contributed by atoms with Crippen LogP contribution in [0.4, 0.5) is 0 Å². The van der Waals surface area contributed by atoms with Crippen LogP contribution in [-0.4, -0.2) is 121 Å². The molecule has 18 heteroatoms. The van der Waals surface area contributed by atoms with Crippen molar-refractivity contribution < 1.29 is 53.7 Å². The summed E-state index contributed by atoms with van der Waals surface area (Å²) in [5.74, 6) is -8.89. The lowest BCUT2D eigenvalue weighted by Crippen LogP contribution is -2.63. The Labute approximate surface area is 298 Å². The molecular weight excluding hydrogens is 682 g/mol. The van der Waals surface area contributed by atoms with Gasteiger partial charge in [0.15, 0.2) is 0 Å². The van der Waals surface area contributed by atoms with Crippen LogP contribution in [0.3, 0.4) is 0 Å². The normalized spacial score (nSPS) is 26.0. The number of nitrogens with zero attached hydrogens (tertiary/aromatic N) is 1. The van der Waals surface area contributed by atoms with Crippen molar-refractivity contribution in [2.75, 3.05) is 6.54 Å². The highest BCUT2D eigenvalue weighted by Crippen LogP contribution is 2.23. The Morgan fingerprint density at radius 3 is 1.94 bits per heavy atom. The fourth-order valence-electron chi connectivity index (χ4n) is 6.43. The van der Waals surface area contributed by atoms with Gasteiger partial charge in [-0.05, 0) is 43.7 Å². The van der Waals surface area contributed by atoms with E-state index in [0.717, 1.165) is 10.9 Å². The Morgan fingerprint density at radius 2 is 1.33 bits per heavy atom. The zero-order chi connectivity index (χ0) is 38.3. The molecule has 2 aliphatic heterocycles. The van der Waals surface area contributed by atoms with Gasteiger partial charge in [-0.15, -0.1) is 0 Å². The number of aliphatic hydroxyl groups excluding tert-OH is 1. The van der Waals surface area contributed by atoms with E-state index in [1.165, 1.54) is 11.8 Å². The van der Waals surface area contributed by atoms with Gasteiger partial charge in [0, 0.05) is 30.1 Å². The van der Waals surface area contributed by atoms with E-state index < -0.39 is 103 Å². The third-order valence-electron chi connectivity index (χ3n) is 8.98. The molecule has 3 heterocycles. The average Bonchev–Trinajstić information content (AvgIpc) is 3.72. The molecular formula is C34H45N7O11. The number of H-pyrrole nitrogens is 1. The lowest BCUT2D eigenvalue weighted by atomic mass is 10.0. The maximum absolute atomic E-state index is 14.3. The van der Waals surface area contributed by atoms with Crippen molar-refractivity contribution in [1.29, 1.82) is 0 Å². The number of hydrogen-bond donors (Lipinski definition) is 9. The molecule has 52 heavy (non-hydrogen) atoms. The Morgan fingerprint density at radius 1 is 0.769 bits per heavy atom. The monoisotopic (exact) mass is 727 g/mol. The molecule has 0 radical (unpaired) electrons. The van der Waals surface area contributed by atoms with Crippen LogP contribution in [-0.2, 0) is 44.8 Å². The fourth-order valence-corrected chi connectivity index (χ4v) is 6.43. The quantitative estimate of drug-likeness (QED) is 0.144. The minimum Gasteiger partial charge on any atom is -0.481 e. The molecule has 0 aliphatic carbocycles. The molecule has 4 rings (SSSR count). The predicted octanol–water partition coefficient (Wildman–Crippen LogP) is -1.48. The minimum atomic E-state index is -1.80. The topological polar surface area (TPSA) is 276 Å². The van der Waals surface area contributed by atoms with Crippen molar-refractivity contribution in [2.24, 2.45) is 5.92 Å². The van der Waals surface area contributed by atoms with Gasteiger partial charge in [0.1, 0.15) is 36.3 Å². The Bertz CT molecular complexity index is 1710. The number of rotatable bonds is 9. The number of fused-ring (bicyclic) bond motifs is 2. The lowest BCUT2D eigenvalue weighted by Gasteiger charge is -2.32. The number of carbonyl (C=O) groups excluding carboxylic acids is 6. The zero-order valence-electron chi connectivity index (χ0n) is 29.0. The SMILES string of the molecule is CC(C)C[C@@H]1NC(=O)[C@@H](CC(=O)O)NC(=O)[C@H]2CCCN2C(=O)[C@@H](Cc2c[nH]c3ccccc23)NC(=O)[C@H]([C@@H](C)O)NC(=O)[C@@H](CC(=O)O)NC1=O. The van der Waals surface area contributed by atoms with Crippen molar-refractivity contribution in [1.82, 2.24) is 36.5 Å². The summed E-state index contributed by atoms with van der Waals surface area (Å²) in [6, 6.07) is -1.93. The number of carboxylic acids is 2. The van der Waals surface area contributed by atoms with Gasteiger partial charge in [0.25, 0.3) is 0 Å². The smallest absolute Gasteiger partial charge is 0.305 e. The number of benzene rings is 1. The first-order chi connectivity index (χ1) is 24.5. The number of amides is 6. The number of aromatic amines is 1. The number of carbonyl (C=O) groups is 8. The van der Waals surface area contributed by atoms with Crippen LogP contribution in [0.25, 0.3) is 10.9 Å². The summed E-state index contributed by atoms with van der Waals surface area (Å²) in [6.07, 6.45) is -1.36. The van der Waals surface area contributed by atoms with Gasteiger partial charge in [-0.1, -0.05) is 32.0 Å². The number of aliphatic hydroxyl groups is 1. The van der Waals surface area contributed by atoms with Gasteiger partial charge >= 0.3 is 11.9 Å². The van der Waals surface area contributed by atoms with E-state index in [9.17, 15) is 53.7 Å². The van der Waals surface area contributed by atoms with Crippen LogP contribution >= 0.6 is 0 Å². The van der Waals surface area contributed by atoms with Crippen molar-refractivity contribution >= 4 is 58.3 Å². The van der Waals surface area contributed by atoms with Crippen molar-refractivity contribution in [2.45, 2.75) is 102 Å². The first-order valence-corrected chi connectivity index (χ1v) is 17.0. The Balaban J connectivity index is 1.78. The van der Waals surface area contributed by atoms with Crippen LogP contribution in [0.2, 0.25) is 0 Å². The van der Waals surface area contributed by atoms with E-state index in [-0.39, 0.29) is 31.7 Å². The first kappa shape index (κ1) is 39.3. The second-order valence-electron chi connectivity index (χ2n) is 13.6. The summed E-state index contributed by atoms with van der Waals surface area (Å²) in [4.78, 5) is 110. The molecule has 1 aromatic carbocycles. The van der Waals surface area contributed by atoms with E-state index in [0.29, 0.717) is 12.0 Å². The Hall–Kier alpha value is -5.52. The van der Waals surface area contributed by atoms with Gasteiger partial charge < -0.3 is 51.8 Å². The molecule has 282 valence electrons. The Kier molecular flexibility index (Phi) is 12.9. The van der Waals surface area contributed by atoms with Crippen LogP contribution < -0.4 is 26.6 Å². The summed E-state index contributed by atoms with van der Waals surface area (Å²) < 4.78 is 0. The molecule has 18 nitrogen and oxygen atoms in total. The molecule has 0 unspecified atom stereocenters. The number of nitrogens with one attached hydrogen (secondary N) is 6. The summed E-state index contributed by atoms with van der Waals surface area (Å²) in [5, 5.41) is 42.5. The largest absolute Gasteiger partial charge is 0.481 e. The highest BCUT2D eigenvalue weighted by Gasteiger charge is 2.41.